The largest absolute Gasteiger partial charge is 0.471 e. The van der Waals surface area contributed by atoms with Crippen molar-refractivity contribution >= 4 is 5.97 Å². The first-order valence-electron chi connectivity index (χ1n) is 10.6. The molecule has 0 saturated carbocycles. The van der Waals surface area contributed by atoms with E-state index in [1.165, 1.54) is 13.4 Å². The van der Waals surface area contributed by atoms with E-state index in [2.05, 4.69) is 6.58 Å². The lowest BCUT2D eigenvalue weighted by molar-refractivity contribution is -0.340. The van der Waals surface area contributed by atoms with Gasteiger partial charge in [0.05, 0.1) is 38.3 Å². The smallest absolute Gasteiger partial charge is 0.337 e. The molecule has 0 aromatic heterocycles. The van der Waals surface area contributed by atoms with E-state index in [-0.39, 0.29) is 11.7 Å². The summed E-state index contributed by atoms with van der Waals surface area (Å²) in [4.78, 5) is 12.4. The van der Waals surface area contributed by atoms with Crippen molar-refractivity contribution in [3.63, 3.8) is 0 Å². The van der Waals surface area contributed by atoms with E-state index < -0.39 is 67.7 Å². The summed E-state index contributed by atoms with van der Waals surface area (Å²) < 4.78 is 33.2. The van der Waals surface area contributed by atoms with Crippen LogP contribution in [0.2, 0.25) is 0 Å². The Labute approximate surface area is 186 Å². The molecule has 0 aromatic carbocycles. The van der Waals surface area contributed by atoms with E-state index in [1.807, 2.05) is 6.92 Å². The number of ether oxygens (including phenoxy) is 6. The van der Waals surface area contributed by atoms with E-state index in [4.69, 9.17) is 28.4 Å². The number of esters is 1. The van der Waals surface area contributed by atoms with Gasteiger partial charge in [0.2, 0.25) is 6.29 Å². The van der Waals surface area contributed by atoms with E-state index >= 15 is 0 Å². The molecule has 0 bridgehead atoms. The van der Waals surface area contributed by atoms with E-state index in [9.17, 15) is 25.2 Å². The lowest BCUT2D eigenvalue weighted by Crippen LogP contribution is -2.60. The van der Waals surface area contributed by atoms with Gasteiger partial charge in [-0.25, -0.2) is 4.79 Å². The summed E-state index contributed by atoms with van der Waals surface area (Å²) in [5.41, 5.74) is 0.247. The normalized spacial score (nSPS) is 42.5. The third-order valence-corrected chi connectivity index (χ3v) is 5.98. The Hall–Kier alpha value is -1.57. The third-order valence-electron chi connectivity index (χ3n) is 5.98. The number of hydrogen-bond acceptors (Lipinski definition) is 11. The summed E-state index contributed by atoms with van der Waals surface area (Å²) in [7, 11) is 1.26. The van der Waals surface area contributed by atoms with Crippen molar-refractivity contribution in [2.24, 2.45) is 11.8 Å². The SMILES string of the molecule is C=C[C@H]1[C@H](O[C@H]2O[C@@H](CO)[C@H](O)[C@@H](O)[C@@H]2O)OC=C(C(=O)OC)[C@H]1C[C@H]1OCC[C@@H](C)O1. The van der Waals surface area contributed by atoms with Gasteiger partial charge in [0, 0.05) is 18.3 Å². The lowest BCUT2D eigenvalue weighted by atomic mass is 9.81. The number of methoxy groups -OCH3 is 1. The average Bonchev–Trinajstić information content (AvgIpc) is 2.79. The summed E-state index contributed by atoms with van der Waals surface area (Å²) in [5.74, 6) is -1.71. The lowest BCUT2D eigenvalue weighted by Gasteiger charge is -2.43. The minimum Gasteiger partial charge on any atom is -0.471 e. The zero-order valence-electron chi connectivity index (χ0n) is 18.1. The molecule has 2 fully saturated rings. The van der Waals surface area contributed by atoms with Gasteiger partial charge in [0.25, 0.3) is 0 Å². The highest BCUT2D eigenvalue weighted by Crippen LogP contribution is 2.38. The van der Waals surface area contributed by atoms with Crippen LogP contribution in [0.25, 0.3) is 0 Å². The highest BCUT2D eigenvalue weighted by molar-refractivity contribution is 5.88. The Morgan fingerprint density at radius 2 is 1.97 bits per heavy atom. The van der Waals surface area contributed by atoms with Gasteiger partial charge in [0.15, 0.2) is 12.6 Å². The molecule has 0 amide bonds. The molecule has 3 rings (SSSR count). The molecule has 0 aliphatic carbocycles. The molecule has 3 heterocycles. The summed E-state index contributed by atoms with van der Waals surface area (Å²) in [6, 6.07) is 0. The van der Waals surface area contributed by atoms with Crippen LogP contribution in [0.5, 0.6) is 0 Å². The first kappa shape index (κ1) is 25.1. The van der Waals surface area contributed by atoms with Crippen LogP contribution in [0.3, 0.4) is 0 Å². The zero-order valence-corrected chi connectivity index (χ0v) is 18.1. The second-order valence-electron chi connectivity index (χ2n) is 8.09. The first-order chi connectivity index (χ1) is 15.3. The fourth-order valence-electron chi connectivity index (χ4n) is 4.09. The average molecular weight is 460 g/mol. The van der Waals surface area contributed by atoms with Crippen LogP contribution >= 0.6 is 0 Å². The summed E-state index contributed by atoms with van der Waals surface area (Å²) in [5, 5.41) is 39.7. The van der Waals surface area contributed by atoms with Crippen molar-refractivity contribution in [3.8, 4) is 0 Å². The molecule has 11 heteroatoms. The number of hydrogen-bond donors (Lipinski definition) is 4. The Bertz CT molecular complexity index is 681. The molecular formula is C21H32O11. The van der Waals surface area contributed by atoms with Gasteiger partial charge in [-0.3, -0.25) is 0 Å². The molecule has 3 aliphatic heterocycles. The number of rotatable bonds is 7. The van der Waals surface area contributed by atoms with E-state index in [0.29, 0.717) is 13.0 Å². The quantitative estimate of drug-likeness (QED) is 0.278. The summed E-state index contributed by atoms with van der Waals surface area (Å²) in [6.45, 7) is 5.70. The number of aliphatic hydroxyl groups is 4. The van der Waals surface area contributed by atoms with Crippen LogP contribution < -0.4 is 0 Å². The first-order valence-corrected chi connectivity index (χ1v) is 10.6. The molecule has 2 saturated heterocycles. The number of carbonyl (C=O) groups excluding carboxylic acids is 1. The third kappa shape index (κ3) is 5.32. The molecule has 0 aromatic rings. The molecule has 0 spiro atoms. The van der Waals surface area contributed by atoms with Crippen LogP contribution in [-0.4, -0.2) is 96.1 Å². The van der Waals surface area contributed by atoms with E-state index in [0.717, 1.165) is 6.42 Å². The Kier molecular flexibility index (Phi) is 8.64. The second kappa shape index (κ2) is 11.0. The van der Waals surface area contributed by atoms with Crippen molar-refractivity contribution < 1.29 is 53.6 Å². The van der Waals surface area contributed by atoms with Gasteiger partial charge in [0.1, 0.15) is 24.4 Å². The van der Waals surface area contributed by atoms with Gasteiger partial charge < -0.3 is 48.8 Å². The predicted octanol–water partition coefficient (Wildman–Crippen LogP) is -0.824. The van der Waals surface area contributed by atoms with Crippen molar-refractivity contribution in [1.82, 2.24) is 0 Å². The summed E-state index contributed by atoms with van der Waals surface area (Å²) >= 11 is 0. The van der Waals surface area contributed by atoms with Crippen LogP contribution in [0.15, 0.2) is 24.5 Å². The summed E-state index contributed by atoms with van der Waals surface area (Å²) in [6.07, 6.45) is -5.06. The molecule has 0 radical (unpaired) electrons. The van der Waals surface area contributed by atoms with Gasteiger partial charge in [-0.2, -0.15) is 0 Å². The number of aliphatic hydroxyl groups excluding tert-OH is 4. The molecule has 3 aliphatic rings. The second-order valence-corrected chi connectivity index (χ2v) is 8.09. The minimum atomic E-state index is -1.60. The fourth-order valence-corrected chi connectivity index (χ4v) is 4.09. The molecule has 4 N–H and O–H groups in total. The Morgan fingerprint density at radius 1 is 1.22 bits per heavy atom. The fraction of sp³-hybridized carbons (Fsp3) is 0.762. The standard InChI is InChI=1S/C21H32O11/c1-4-11-12(7-15-28-6-5-10(2)30-15)13(19(26)27-3)9-29-20(11)32-21-18(25)17(24)16(23)14(8-22)31-21/h4,9-12,14-18,20-25H,1,5-8H2,2-3H3/t10-,11-,12+,14+,15+,16+,17-,18+,20+,21-/m1/s1. The van der Waals surface area contributed by atoms with Crippen molar-refractivity contribution in [1.29, 1.82) is 0 Å². The Balaban J connectivity index is 1.80. The molecule has 0 unspecified atom stereocenters. The van der Waals surface area contributed by atoms with Crippen molar-refractivity contribution in [3.05, 3.63) is 24.5 Å². The molecule has 11 nitrogen and oxygen atoms in total. The predicted molar refractivity (Wildman–Crippen MR) is 107 cm³/mol. The molecular weight excluding hydrogens is 428 g/mol. The van der Waals surface area contributed by atoms with Crippen molar-refractivity contribution in [2.45, 2.75) is 69.2 Å². The minimum absolute atomic E-state index is 0.00231. The highest BCUT2D eigenvalue weighted by atomic mass is 16.8. The highest BCUT2D eigenvalue weighted by Gasteiger charge is 2.48. The van der Waals surface area contributed by atoms with Gasteiger partial charge in [-0.15, -0.1) is 6.58 Å². The van der Waals surface area contributed by atoms with Crippen molar-refractivity contribution in [2.75, 3.05) is 20.3 Å². The van der Waals surface area contributed by atoms with Gasteiger partial charge in [-0.1, -0.05) is 6.08 Å². The van der Waals surface area contributed by atoms with E-state index in [1.54, 1.807) is 6.08 Å². The van der Waals surface area contributed by atoms with Gasteiger partial charge >= 0.3 is 5.97 Å². The molecule has 32 heavy (non-hydrogen) atoms. The maximum Gasteiger partial charge on any atom is 0.337 e. The molecule has 10 atom stereocenters. The maximum atomic E-state index is 12.4. The Morgan fingerprint density at radius 3 is 2.59 bits per heavy atom. The monoisotopic (exact) mass is 460 g/mol. The van der Waals surface area contributed by atoms with Gasteiger partial charge in [-0.05, 0) is 13.3 Å². The molecule has 182 valence electrons. The maximum absolute atomic E-state index is 12.4. The zero-order chi connectivity index (χ0) is 23.4. The van der Waals surface area contributed by atoms with Crippen LogP contribution in [0.4, 0.5) is 0 Å². The topological polar surface area (TPSA) is 153 Å². The van der Waals surface area contributed by atoms with Crippen LogP contribution in [0.1, 0.15) is 19.8 Å². The van der Waals surface area contributed by atoms with Crippen LogP contribution in [-0.2, 0) is 33.2 Å². The van der Waals surface area contributed by atoms with Crippen LogP contribution in [0, 0.1) is 11.8 Å². The number of carbonyl (C=O) groups is 1.